The lowest BCUT2D eigenvalue weighted by Gasteiger charge is -2.21. The third kappa shape index (κ3) is 4.39. The second-order valence-electron chi connectivity index (χ2n) is 5.52. The molecular weight excluding hydrogens is 288 g/mol. The molecule has 1 aromatic heterocycles. The molecule has 21 heavy (non-hydrogen) atoms. The SMILES string of the molecule is CC(C)NCCCn1cc(S(=O)(=O)N2CC=CCC2)cn1. The van der Waals surface area contributed by atoms with Crippen LogP contribution in [0.5, 0.6) is 0 Å². The van der Waals surface area contributed by atoms with Crippen LogP contribution in [0, 0.1) is 0 Å². The summed E-state index contributed by atoms with van der Waals surface area (Å²) in [4.78, 5) is 0.287. The minimum absolute atomic E-state index is 0.287. The molecule has 2 heterocycles. The molecule has 1 aliphatic heterocycles. The molecule has 118 valence electrons. The minimum atomic E-state index is -3.40. The summed E-state index contributed by atoms with van der Waals surface area (Å²) in [7, 11) is -3.40. The van der Waals surface area contributed by atoms with Crippen molar-refractivity contribution in [3.63, 3.8) is 0 Å². The summed E-state index contributed by atoms with van der Waals surface area (Å²) in [5.41, 5.74) is 0. The van der Waals surface area contributed by atoms with E-state index in [0.29, 0.717) is 19.1 Å². The van der Waals surface area contributed by atoms with Gasteiger partial charge < -0.3 is 5.32 Å². The van der Waals surface area contributed by atoms with E-state index in [1.54, 1.807) is 10.9 Å². The van der Waals surface area contributed by atoms with Crippen molar-refractivity contribution < 1.29 is 8.42 Å². The molecule has 0 saturated carbocycles. The molecule has 7 heteroatoms. The zero-order valence-electron chi connectivity index (χ0n) is 12.7. The smallest absolute Gasteiger partial charge is 0.246 e. The highest BCUT2D eigenvalue weighted by atomic mass is 32.2. The van der Waals surface area contributed by atoms with Crippen molar-refractivity contribution in [3.05, 3.63) is 24.5 Å². The van der Waals surface area contributed by atoms with Crippen LogP contribution in [-0.2, 0) is 16.6 Å². The highest BCUT2D eigenvalue weighted by Gasteiger charge is 2.25. The van der Waals surface area contributed by atoms with Crippen LogP contribution in [0.15, 0.2) is 29.4 Å². The Kier molecular flexibility index (Phi) is 5.55. The van der Waals surface area contributed by atoms with E-state index in [1.165, 1.54) is 10.5 Å². The van der Waals surface area contributed by atoms with Gasteiger partial charge in [0.05, 0.1) is 6.20 Å². The van der Waals surface area contributed by atoms with Crippen LogP contribution in [0.2, 0.25) is 0 Å². The van der Waals surface area contributed by atoms with Gasteiger partial charge in [0.15, 0.2) is 0 Å². The maximum absolute atomic E-state index is 12.4. The summed E-state index contributed by atoms with van der Waals surface area (Å²) in [6.45, 7) is 6.82. The van der Waals surface area contributed by atoms with Gasteiger partial charge in [-0.15, -0.1) is 0 Å². The molecule has 1 aliphatic rings. The van der Waals surface area contributed by atoms with Gasteiger partial charge in [0.1, 0.15) is 4.90 Å². The number of nitrogens with one attached hydrogen (secondary N) is 1. The summed E-state index contributed by atoms with van der Waals surface area (Å²) in [6.07, 6.45) is 8.67. The number of aryl methyl sites for hydroxylation is 1. The third-order valence-electron chi connectivity index (χ3n) is 3.38. The van der Waals surface area contributed by atoms with Gasteiger partial charge in [0.2, 0.25) is 10.0 Å². The van der Waals surface area contributed by atoms with Crippen LogP contribution >= 0.6 is 0 Å². The molecule has 6 nitrogen and oxygen atoms in total. The van der Waals surface area contributed by atoms with Crippen LogP contribution in [0.3, 0.4) is 0 Å². The fourth-order valence-corrected chi connectivity index (χ4v) is 3.58. The maximum atomic E-state index is 12.4. The van der Waals surface area contributed by atoms with Crippen molar-refractivity contribution >= 4 is 10.0 Å². The molecule has 1 aromatic rings. The van der Waals surface area contributed by atoms with Gasteiger partial charge in [-0.25, -0.2) is 8.42 Å². The average molecular weight is 312 g/mol. The van der Waals surface area contributed by atoms with Gasteiger partial charge in [0.25, 0.3) is 0 Å². The molecule has 0 atom stereocenters. The molecule has 0 radical (unpaired) electrons. The lowest BCUT2D eigenvalue weighted by Crippen LogP contribution is -2.33. The first-order valence-corrected chi connectivity index (χ1v) is 8.85. The molecule has 2 rings (SSSR count). The van der Waals surface area contributed by atoms with E-state index in [4.69, 9.17) is 0 Å². The monoisotopic (exact) mass is 312 g/mol. The number of nitrogens with zero attached hydrogens (tertiary/aromatic N) is 3. The molecule has 0 bridgehead atoms. The quantitative estimate of drug-likeness (QED) is 0.607. The zero-order chi connectivity index (χ0) is 15.3. The van der Waals surface area contributed by atoms with Crippen LogP contribution < -0.4 is 5.32 Å². The number of rotatable bonds is 7. The van der Waals surface area contributed by atoms with E-state index < -0.39 is 10.0 Å². The Morgan fingerprint density at radius 1 is 1.38 bits per heavy atom. The van der Waals surface area contributed by atoms with E-state index >= 15 is 0 Å². The predicted molar refractivity (Wildman–Crippen MR) is 82.5 cm³/mol. The van der Waals surface area contributed by atoms with Gasteiger partial charge >= 0.3 is 0 Å². The number of hydrogen-bond acceptors (Lipinski definition) is 4. The first-order valence-electron chi connectivity index (χ1n) is 7.41. The van der Waals surface area contributed by atoms with Crippen molar-refractivity contribution in [2.75, 3.05) is 19.6 Å². The number of sulfonamides is 1. The van der Waals surface area contributed by atoms with Gasteiger partial charge in [-0.1, -0.05) is 26.0 Å². The molecule has 1 N–H and O–H groups in total. The van der Waals surface area contributed by atoms with Crippen molar-refractivity contribution in [1.29, 1.82) is 0 Å². The fourth-order valence-electron chi connectivity index (χ4n) is 2.22. The number of hydrogen-bond donors (Lipinski definition) is 1. The normalized spacial score (nSPS) is 16.7. The Hall–Kier alpha value is -1.18. The van der Waals surface area contributed by atoms with Gasteiger partial charge in [-0.05, 0) is 19.4 Å². The fraction of sp³-hybridized carbons (Fsp3) is 0.643. The van der Waals surface area contributed by atoms with E-state index in [9.17, 15) is 8.42 Å². The summed E-state index contributed by atoms with van der Waals surface area (Å²) in [5.74, 6) is 0. The standard InChI is InChI=1S/C14H24N4O2S/c1-13(2)15-7-6-8-17-12-14(11-16-17)21(19,20)18-9-4-3-5-10-18/h3-4,11-13,15H,5-10H2,1-2H3. The summed E-state index contributed by atoms with van der Waals surface area (Å²) in [5, 5.41) is 7.49. The Morgan fingerprint density at radius 2 is 2.19 bits per heavy atom. The van der Waals surface area contributed by atoms with Crippen molar-refractivity contribution in [2.45, 2.75) is 44.2 Å². The Bertz CT molecular complexity index is 578. The molecule has 0 unspecified atom stereocenters. The minimum Gasteiger partial charge on any atom is -0.314 e. The van der Waals surface area contributed by atoms with E-state index in [2.05, 4.69) is 24.3 Å². The maximum Gasteiger partial charge on any atom is 0.246 e. The van der Waals surface area contributed by atoms with Crippen LogP contribution in [-0.4, -0.2) is 48.2 Å². The van der Waals surface area contributed by atoms with E-state index in [-0.39, 0.29) is 4.90 Å². The molecule has 0 fully saturated rings. The molecule has 0 spiro atoms. The molecule has 0 amide bonds. The summed E-state index contributed by atoms with van der Waals surface area (Å²) >= 11 is 0. The largest absolute Gasteiger partial charge is 0.314 e. The summed E-state index contributed by atoms with van der Waals surface area (Å²) < 4.78 is 28.1. The van der Waals surface area contributed by atoms with E-state index in [1.807, 2.05) is 12.2 Å². The third-order valence-corrected chi connectivity index (χ3v) is 5.20. The van der Waals surface area contributed by atoms with Crippen molar-refractivity contribution in [3.8, 4) is 0 Å². The van der Waals surface area contributed by atoms with Crippen molar-refractivity contribution in [1.82, 2.24) is 19.4 Å². The Labute approximate surface area is 126 Å². The van der Waals surface area contributed by atoms with Crippen LogP contribution in [0.25, 0.3) is 0 Å². The molecular formula is C14H24N4O2S. The van der Waals surface area contributed by atoms with Crippen LogP contribution in [0.1, 0.15) is 26.7 Å². The second-order valence-corrected chi connectivity index (χ2v) is 7.46. The van der Waals surface area contributed by atoms with Gasteiger partial charge in [-0.3, -0.25) is 4.68 Å². The molecule has 0 saturated heterocycles. The van der Waals surface area contributed by atoms with E-state index in [0.717, 1.165) is 25.9 Å². The topological polar surface area (TPSA) is 67.2 Å². The predicted octanol–water partition coefficient (Wildman–Crippen LogP) is 1.22. The second kappa shape index (κ2) is 7.20. The zero-order valence-corrected chi connectivity index (χ0v) is 13.5. The summed E-state index contributed by atoms with van der Waals surface area (Å²) in [6, 6.07) is 0.464. The first kappa shape index (κ1) is 16.2. The number of aromatic nitrogens is 2. The molecule has 0 aliphatic carbocycles. The highest BCUT2D eigenvalue weighted by Crippen LogP contribution is 2.17. The lowest BCUT2D eigenvalue weighted by atomic mass is 10.3. The average Bonchev–Trinajstić information content (AvgIpc) is 2.94. The molecule has 0 aromatic carbocycles. The highest BCUT2D eigenvalue weighted by molar-refractivity contribution is 7.89. The lowest BCUT2D eigenvalue weighted by molar-refractivity contribution is 0.437. The Morgan fingerprint density at radius 3 is 2.86 bits per heavy atom. The van der Waals surface area contributed by atoms with Crippen molar-refractivity contribution in [2.24, 2.45) is 0 Å². The first-order chi connectivity index (χ1) is 10.00. The van der Waals surface area contributed by atoms with Crippen LogP contribution in [0.4, 0.5) is 0 Å². The van der Waals surface area contributed by atoms with Gasteiger partial charge in [0, 0.05) is 31.9 Å². The Balaban J connectivity index is 1.94. The van der Waals surface area contributed by atoms with Gasteiger partial charge in [-0.2, -0.15) is 9.40 Å².